The predicted molar refractivity (Wildman–Crippen MR) is 98.2 cm³/mol. The average molecular weight is 394 g/mol. The molecule has 0 aliphatic heterocycles. The van der Waals surface area contributed by atoms with Gasteiger partial charge in [0.1, 0.15) is 0 Å². The van der Waals surface area contributed by atoms with E-state index in [1.165, 1.54) is 6.07 Å². The first-order chi connectivity index (χ1) is 13.3. The highest BCUT2D eigenvalue weighted by molar-refractivity contribution is 5.85. The maximum Gasteiger partial charge on any atom is 0.419 e. The van der Waals surface area contributed by atoms with Crippen LogP contribution in [-0.2, 0) is 12.6 Å². The Bertz CT molecular complexity index is 976. The Labute approximate surface area is 160 Å². The van der Waals surface area contributed by atoms with Gasteiger partial charge in [-0.25, -0.2) is 9.61 Å². The number of fused-ring (bicyclic) bond motifs is 1. The van der Waals surface area contributed by atoms with E-state index in [4.69, 9.17) is 11.0 Å². The van der Waals surface area contributed by atoms with Gasteiger partial charge in [0.15, 0.2) is 5.52 Å². The number of aryl methyl sites for hydroxylation is 1. The minimum Gasteiger partial charge on any atom is -0.396 e. The molecule has 0 spiro atoms. The van der Waals surface area contributed by atoms with Crippen molar-refractivity contribution in [2.45, 2.75) is 47.2 Å². The third-order valence-electron chi connectivity index (χ3n) is 3.51. The molecule has 0 aliphatic carbocycles. The zero-order valence-electron chi connectivity index (χ0n) is 16.2. The molecule has 0 saturated heterocycles. The van der Waals surface area contributed by atoms with Gasteiger partial charge in [-0.3, -0.25) is 4.98 Å². The Morgan fingerprint density at radius 2 is 1.82 bits per heavy atom. The van der Waals surface area contributed by atoms with Crippen LogP contribution in [0, 0.1) is 18.3 Å². The van der Waals surface area contributed by atoms with Crippen LogP contribution in [0.1, 0.15) is 55.8 Å². The molecule has 0 fully saturated rings. The van der Waals surface area contributed by atoms with Gasteiger partial charge in [0.25, 0.3) is 0 Å². The van der Waals surface area contributed by atoms with Crippen LogP contribution in [0.2, 0.25) is 0 Å². The molecule has 0 amide bonds. The molecule has 0 aliphatic rings. The molecule has 3 heterocycles. The molecule has 0 unspecified atom stereocenters. The Hall–Kier alpha value is -3.22. The van der Waals surface area contributed by atoms with E-state index in [1.807, 2.05) is 27.7 Å². The smallest absolute Gasteiger partial charge is 0.396 e. The fraction of sp³-hybridized carbons (Fsp3) is 0.389. The number of nitriles is 1. The van der Waals surface area contributed by atoms with Crippen molar-refractivity contribution in [3.63, 3.8) is 0 Å². The number of nitrogens with zero attached hydrogens (tertiary/aromatic N) is 5. The summed E-state index contributed by atoms with van der Waals surface area (Å²) in [6.45, 7) is 9.68. The van der Waals surface area contributed by atoms with E-state index in [9.17, 15) is 13.2 Å². The lowest BCUT2D eigenvalue weighted by atomic mass is 10.0. The normalized spacial score (nSPS) is 10.4. The molecule has 0 atom stereocenters. The van der Waals surface area contributed by atoms with Gasteiger partial charge < -0.3 is 5.73 Å². The van der Waals surface area contributed by atoms with Crippen LogP contribution in [0.4, 0.5) is 18.9 Å². The topological polar surface area (TPSA) is 115 Å². The number of hydrogen-bond acceptors (Lipinski definition) is 7. The van der Waals surface area contributed by atoms with E-state index < -0.39 is 17.3 Å². The third-order valence-corrected chi connectivity index (χ3v) is 3.51. The van der Waals surface area contributed by atoms with Crippen molar-refractivity contribution < 1.29 is 17.8 Å². The highest BCUT2D eigenvalue weighted by atomic mass is 19.4. The lowest BCUT2D eigenvalue weighted by Crippen LogP contribution is -2.10. The van der Waals surface area contributed by atoms with Crippen molar-refractivity contribution >= 4 is 16.9 Å². The standard InChI is InChI=1S/C14H9F3N6O.2C2H6/c1-6-9(11(19)12-13(21-6)23-24-22-12)3-8-2-7(4-18)10(5-20-8)14(15,16)17;2*1-2/h2,5H,3,19H2,1H3;2*1-2H3. The Kier molecular flexibility index (Phi) is 7.86. The van der Waals surface area contributed by atoms with Gasteiger partial charge in [0.05, 0.1) is 22.9 Å². The first kappa shape index (κ1) is 22.8. The third kappa shape index (κ3) is 4.73. The number of pyridine rings is 2. The van der Waals surface area contributed by atoms with Gasteiger partial charge in [-0.05, 0) is 23.3 Å². The maximum atomic E-state index is 12.8. The van der Waals surface area contributed by atoms with Crippen molar-refractivity contribution in [2.24, 2.45) is 0 Å². The summed E-state index contributed by atoms with van der Waals surface area (Å²) >= 11 is 0. The largest absolute Gasteiger partial charge is 0.419 e. The zero-order chi connectivity index (χ0) is 21.5. The molecule has 10 heteroatoms. The predicted octanol–water partition coefficient (Wildman–Crippen LogP) is 4.44. The van der Waals surface area contributed by atoms with Gasteiger partial charge in [0.2, 0.25) is 5.65 Å². The summed E-state index contributed by atoms with van der Waals surface area (Å²) in [4.78, 5) is 7.96. The van der Waals surface area contributed by atoms with Gasteiger partial charge in [-0.15, -0.1) is 0 Å². The molecular weight excluding hydrogens is 373 g/mol. The number of aromatic nitrogens is 4. The maximum absolute atomic E-state index is 12.8. The molecule has 0 radical (unpaired) electrons. The van der Waals surface area contributed by atoms with Gasteiger partial charge in [-0.1, -0.05) is 27.7 Å². The van der Waals surface area contributed by atoms with E-state index in [-0.39, 0.29) is 29.0 Å². The average Bonchev–Trinajstić information content (AvgIpc) is 3.15. The summed E-state index contributed by atoms with van der Waals surface area (Å²) in [6, 6.07) is 2.63. The summed E-state index contributed by atoms with van der Waals surface area (Å²) < 4.78 is 43.0. The van der Waals surface area contributed by atoms with Crippen LogP contribution in [0.3, 0.4) is 0 Å². The lowest BCUT2D eigenvalue weighted by molar-refractivity contribution is -0.138. The summed E-state index contributed by atoms with van der Waals surface area (Å²) in [5.74, 6) is 0. The minimum atomic E-state index is -4.64. The van der Waals surface area contributed by atoms with Crippen molar-refractivity contribution in [3.8, 4) is 6.07 Å². The molecule has 0 bridgehead atoms. The van der Waals surface area contributed by atoms with E-state index in [1.54, 1.807) is 6.92 Å². The number of anilines is 1. The van der Waals surface area contributed by atoms with Crippen molar-refractivity contribution in [1.29, 1.82) is 5.26 Å². The summed E-state index contributed by atoms with van der Waals surface area (Å²) in [7, 11) is 0. The quantitative estimate of drug-likeness (QED) is 0.683. The van der Waals surface area contributed by atoms with E-state index in [0.29, 0.717) is 17.5 Å². The highest BCUT2D eigenvalue weighted by Gasteiger charge is 2.34. The number of rotatable bonds is 2. The van der Waals surface area contributed by atoms with Crippen LogP contribution in [0.15, 0.2) is 16.9 Å². The molecule has 150 valence electrons. The Balaban J connectivity index is 0.000000921. The second kappa shape index (κ2) is 9.64. The molecule has 3 rings (SSSR count). The number of halogens is 3. The fourth-order valence-corrected chi connectivity index (χ4v) is 2.31. The van der Waals surface area contributed by atoms with Gasteiger partial charge in [0, 0.05) is 29.6 Å². The fourth-order valence-electron chi connectivity index (χ4n) is 2.31. The van der Waals surface area contributed by atoms with Gasteiger partial charge in [-0.2, -0.15) is 18.4 Å². The van der Waals surface area contributed by atoms with Crippen LogP contribution >= 0.6 is 0 Å². The number of nitrogens with two attached hydrogens (primary N) is 1. The first-order valence-corrected chi connectivity index (χ1v) is 8.64. The first-order valence-electron chi connectivity index (χ1n) is 8.64. The summed E-state index contributed by atoms with van der Waals surface area (Å²) in [5.41, 5.74) is 6.52. The van der Waals surface area contributed by atoms with Crippen molar-refractivity contribution in [3.05, 3.63) is 40.3 Å². The highest BCUT2D eigenvalue weighted by Crippen LogP contribution is 2.32. The van der Waals surface area contributed by atoms with Crippen LogP contribution in [0.5, 0.6) is 0 Å². The second-order valence-corrected chi connectivity index (χ2v) is 5.03. The molecule has 0 saturated carbocycles. The van der Waals surface area contributed by atoms with Crippen molar-refractivity contribution in [1.82, 2.24) is 20.3 Å². The summed E-state index contributed by atoms with van der Waals surface area (Å²) in [6.07, 6.45) is -3.90. The molecule has 7 nitrogen and oxygen atoms in total. The molecule has 0 aromatic carbocycles. The van der Waals surface area contributed by atoms with Crippen LogP contribution in [-0.4, -0.2) is 20.3 Å². The van der Waals surface area contributed by atoms with E-state index >= 15 is 0 Å². The Morgan fingerprint density at radius 1 is 1.18 bits per heavy atom. The summed E-state index contributed by atoms with van der Waals surface area (Å²) in [5, 5.41) is 16.2. The molecule has 2 N–H and O–H groups in total. The zero-order valence-corrected chi connectivity index (χ0v) is 16.2. The minimum absolute atomic E-state index is 0.0975. The molecule has 28 heavy (non-hydrogen) atoms. The SMILES string of the molecule is CC.CC.Cc1nc2nonc2c(N)c1Cc1cc(C#N)c(C(F)(F)F)cn1. The Morgan fingerprint density at radius 3 is 2.39 bits per heavy atom. The number of alkyl halides is 3. The number of hydrogen-bond donors (Lipinski definition) is 1. The van der Waals surface area contributed by atoms with E-state index in [0.717, 1.165) is 6.07 Å². The molecule has 3 aromatic heterocycles. The van der Waals surface area contributed by atoms with E-state index in [2.05, 4.69) is 24.9 Å². The molecular formula is C18H21F3N6O. The lowest BCUT2D eigenvalue weighted by Gasteiger charge is -2.11. The van der Waals surface area contributed by atoms with Crippen LogP contribution < -0.4 is 5.73 Å². The van der Waals surface area contributed by atoms with Gasteiger partial charge >= 0.3 is 6.18 Å². The molecule has 3 aromatic rings. The van der Waals surface area contributed by atoms with Crippen molar-refractivity contribution in [2.75, 3.05) is 5.73 Å². The second-order valence-electron chi connectivity index (χ2n) is 5.03. The van der Waals surface area contributed by atoms with Crippen LogP contribution in [0.25, 0.3) is 11.2 Å². The monoisotopic (exact) mass is 394 g/mol. The number of nitrogen functional groups attached to an aromatic ring is 1.